The molecule has 0 saturated heterocycles. The fourth-order valence-electron chi connectivity index (χ4n) is 2.38. The molecule has 5 heteroatoms. The Morgan fingerprint density at radius 2 is 2.33 bits per heavy atom. The minimum Gasteiger partial charge on any atom is -0.376 e. The van der Waals surface area contributed by atoms with Gasteiger partial charge in [-0.3, -0.25) is 0 Å². The lowest BCUT2D eigenvalue weighted by atomic mass is 9.80. The molecule has 0 spiro atoms. The van der Waals surface area contributed by atoms with Gasteiger partial charge in [-0.25, -0.2) is 4.52 Å². The molecule has 1 aliphatic carbocycles. The topological polar surface area (TPSA) is 51.5 Å². The number of nitrogens with zero attached hydrogens (tertiary/aromatic N) is 3. The lowest BCUT2D eigenvalue weighted by molar-refractivity contribution is -0.0602. The van der Waals surface area contributed by atoms with E-state index in [1.165, 1.54) is 6.42 Å². The van der Waals surface area contributed by atoms with Crippen LogP contribution in [0.5, 0.6) is 0 Å². The van der Waals surface area contributed by atoms with Crippen LogP contribution in [0, 0.1) is 6.92 Å². The van der Waals surface area contributed by atoms with E-state index in [4.69, 9.17) is 4.74 Å². The number of aromatic nitrogens is 3. The highest BCUT2D eigenvalue weighted by molar-refractivity contribution is 5.49. The summed E-state index contributed by atoms with van der Waals surface area (Å²) in [5.41, 5.74) is 2.02. The predicted octanol–water partition coefficient (Wildman–Crippen LogP) is 2.02. The van der Waals surface area contributed by atoms with E-state index in [0.717, 1.165) is 30.6 Å². The van der Waals surface area contributed by atoms with Gasteiger partial charge in [0.2, 0.25) is 5.95 Å². The fraction of sp³-hybridized carbons (Fsp3) is 0.538. The average Bonchev–Trinajstić information content (AvgIpc) is 2.73. The van der Waals surface area contributed by atoms with Crippen LogP contribution in [0.15, 0.2) is 18.3 Å². The molecule has 2 heterocycles. The summed E-state index contributed by atoms with van der Waals surface area (Å²) in [5.74, 6) is 0.674. The summed E-state index contributed by atoms with van der Waals surface area (Å²) in [5, 5.41) is 7.70. The third-order valence-electron chi connectivity index (χ3n) is 3.82. The molecule has 3 rings (SSSR count). The summed E-state index contributed by atoms with van der Waals surface area (Å²) in [6.07, 6.45) is 5.38. The Balaban J connectivity index is 1.77. The first-order valence-corrected chi connectivity index (χ1v) is 6.33. The second-order valence-electron chi connectivity index (χ2n) is 4.99. The first-order chi connectivity index (χ1) is 8.72. The molecule has 0 radical (unpaired) electrons. The van der Waals surface area contributed by atoms with Crippen molar-refractivity contribution in [2.24, 2.45) is 0 Å². The van der Waals surface area contributed by atoms with Gasteiger partial charge in [-0.15, -0.1) is 5.10 Å². The highest BCUT2D eigenvalue weighted by Crippen LogP contribution is 2.34. The van der Waals surface area contributed by atoms with Gasteiger partial charge in [0, 0.05) is 19.9 Å². The zero-order valence-electron chi connectivity index (χ0n) is 10.8. The largest absolute Gasteiger partial charge is 0.376 e. The molecule has 0 atom stereocenters. The summed E-state index contributed by atoms with van der Waals surface area (Å²) in [6.45, 7) is 2.82. The second-order valence-corrected chi connectivity index (χ2v) is 4.99. The van der Waals surface area contributed by atoms with E-state index in [0.29, 0.717) is 5.95 Å². The third kappa shape index (κ3) is 1.84. The number of methoxy groups -OCH3 is 1. The summed E-state index contributed by atoms with van der Waals surface area (Å²) in [7, 11) is 1.78. The molecule has 0 aliphatic heterocycles. The minimum atomic E-state index is -0.00741. The Bertz CT molecular complexity index is 554. The maximum atomic E-state index is 5.57. The van der Waals surface area contributed by atoms with Gasteiger partial charge in [0.05, 0.1) is 5.60 Å². The van der Waals surface area contributed by atoms with Crippen molar-refractivity contribution in [3.8, 4) is 0 Å². The molecule has 1 N–H and O–H groups in total. The van der Waals surface area contributed by atoms with E-state index in [2.05, 4.69) is 15.4 Å². The van der Waals surface area contributed by atoms with Crippen molar-refractivity contribution >= 4 is 11.6 Å². The number of aryl methyl sites for hydroxylation is 1. The van der Waals surface area contributed by atoms with Crippen molar-refractivity contribution < 1.29 is 4.74 Å². The maximum absolute atomic E-state index is 5.57. The summed E-state index contributed by atoms with van der Waals surface area (Å²) < 4.78 is 7.37. The monoisotopic (exact) mass is 246 g/mol. The van der Waals surface area contributed by atoms with Crippen LogP contribution in [0.1, 0.15) is 24.8 Å². The van der Waals surface area contributed by atoms with Crippen LogP contribution in [0.2, 0.25) is 0 Å². The van der Waals surface area contributed by atoms with Gasteiger partial charge < -0.3 is 10.1 Å². The van der Waals surface area contributed by atoms with Gasteiger partial charge in [0.1, 0.15) is 0 Å². The molecule has 5 nitrogen and oxygen atoms in total. The standard InChI is InChI=1S/C13H18N4O/c1-10-5-3-8-17-11(10)15-12(16-17)14-9-13(18-2)6-4-7-13/h3,5,8H,4,6-7,9H2,1-2H3,(H,14,16). The number of ether oxygens (including phenoxy) is 1. The van der Waals surface area contributed by atoms with E-state index in [-0.39, 0.29) is 5.60 Å². The van der Waals surface area contributed by atoms with E-state index < -0.39 is 0 Å². The summed E-state index contributed by atoms with van der Waals surface area (Å²) in [6, 6.07) is 4.01. The lowest BCUT2D eigenvalue weighted by Gasteiger charge is -2.40. The molecule has 0 unspecified atom stereocenters. The van der Waals surface area contributed by atoms with Gasteiger partial charge in [-0.2, -0.15) is 4.98 Å². The molecule has 0 bridgehead atoms. The minimum absolute atomic E-state index is 0.00741. The Morgan fingerprint density at radius 3 is 2.94 bits per heavy atom. The van der Waals surface area contributed by atoms with E-state index in [1.807, 2.05) is 25.3 Å². The molecular weight excluding hydrogens is 228 g/mol. The Labute approximate surface area is 106 Å². The van der Waals surface area contributed by atoms with Crippen LogP contribution in [-0.4, -0.2) is 33.9 Å². The van der Waals surface area contributed by atoms with Gasteiger partial charge in [0.15, 0.2) is 5.65 Å². The third-order valence-corrected chi connectivity index (χ3v) is 3.82. The van der Waals surface area contributed by atoms with Crippen molar-refractivity contribution in [2.75, 3.05) is 19.0 Å². The van der Waals surface area contributed by atoms with Crippen molar-refractivity contribution in [1.82, 2.24) is 14.6 Å². The van der Waals surface area contributed by atoms with Crippen LogP contribution in [0.3, 0.4) is 0 Å². The van der Waals surface area contributed by atoms with Crippen LogP contribution in [0.25, 0.3) is 5.65 Å². The number of nitrogens with one attached hydrogen (secondary N) is 1. The highest BCUT2D eigenvalue weighted by atomic mass is 16.5. The van der Waals surface area contributed by atoms with Crippen LogP contribution >= 0.6 is 0 Å². The molecule has 2 aromatic rings. The maximum Gasteiger partial charge on any atom is 0.243 e. The summed E-state index contributed by atoms with van der Waals surface area (Å²) >= 11 is 0. The van der Waals surface area contributed by atoms with Crippen molar-refractivity contribution in [1.29, 1.82) is 0 Å². The zero-order chi connectivity index (χ0) is 12.6. The lowest BCUT2D eigenvalue weighted by Crippen LogP contribution is -2.45. The summed E-state index contributed by atoms with van der Waals surface area (Å²) in [4.78, 5) is 4.49. The van der Waals surface area contributed by atoms with Crippen molar-refractivity contribution in [3.63, 3.8) is 0 Å². The molecule has 1 fully saturated rings. The molecular formula is C13H18N4O. The Morgan fingerprint density at radius 1 is 1.50 bits per heavy atom. The number of fused-ring (bicyclic) bond motifs is 1. The first-order valence-electron chi connectivity index (χ1n) is 6.33. The smallest absolute Gasteiger partial charge is 0.243 e. The van der Waals surface area contributed by atoms with E-state index in [1.54, 1.807) is 11.6 Å². The molecule has 2 aromatic heterocycles. The predicted molar refractivity (Wildman–Crippen MR) is 69.8 cm³/mol. The van der Waals surface area contributed by atoms with E-state index in [9.17, 15) is 0 Å². The first kappa shape index (κ1) is 11.5. The van der Waals surface area contributed by atoms with Crippen molar-refractivity contribution in [2.45, 2.75) is 31.8 Å². The molecule has 0 aromatic carbocycles. The number of anilines is 1. The number of hydrogen-bond donors (Lipinski definition) is 1. The molecule has 96 valence electrons. The molecule has 1 aliphatic rings. The average molecular weight is 246 g/mol. The van der Waals surface area contributed by atoms with Crippen molar-refractivity contribution in [3.05, 3.63) is 23.9 Å². The SMILES string of the molecule is COC1(CNc2nc3c(C)cccn3n2)CCC1. The Hall–Kier alpha value is -1.62. The highest BCUT2D eigenvalue weighted by Gasteiger charge is 2.36. The van der Waals surface area contributed by atoms with Gasteiger partial charge in [-0.05, 0) is 37.8 Å². The fourth-order valence-corrected chi connectivity index (χ4v) is 2.38. The number of pyridine rings is 1. The van der Waals surface area contributed by atoms with Gasteiger partial charge >= 0.3 is 0 Å². The molecule has 0 amide bonds. The molecule has 1 saturated carbocycles. The Kier molecular flexibility index (Phi) is 2.70. The normalized spacial score (nSPS) is 17.7. The number of rotatable bonds is 4. The van der Waals surface area contributed by atoms with Gasteiger partial charge in [0.25, 0.3) is 0 Å². The second kappa shape index (κ2) is 4.24. The zero-order valence-corrected chi connectivity index (χ0v) is 10.8. The van der Waals surface area contributed by atoms with Crippen LogP contribution < -0.4 is 5.32 Å². The van der Waals surface area contributed by atoms with Crippen LogP contribution in [0.4, 0.5) is 5.95 Å². The molecule has 18 heavy (non-hydrogen) atoms. The number of hydrogen-bond acceptors (Lipinski definition) is 4. The van der Waals surface area contributed by atoms with Gasteiger partial charge in [-0.1, -0.05) is 6.07 Å². The van der Waals surface area contributed by atoms with Crippen LogP contribution in [-0.2, 0) is 4.74 Å². The quantitative estimate of drug-likeness (QED) is 0.896. The van der Waals surface area contributed by atoms with E-state index >= 15 is 0 Å².